The molecule has 0 bridgehead atoms. The van der Waals surface area contributed by atoms with Gasteiger partial charge in [-0.15, -0.1) is 11.8 Å². The molecule has 15 heavy (non-hydrogen) atoms. The summed E-state index contributed by atoms with van der Waals surface area (Å²) < 4.78 is 13.9. The molecule has 0 saturated heterocycles. The minimum absolute atomic E-state index is 0.241. The number of hydrogen-bond acceptors (Lipinski definition) is 2. The fourth-order valence-corrected chi connectivity index (χ4v) is 2.50. The molecule has 0 amide bonds. The molecule has 0 radical (unpaired) electrons. The van der Waals surface area contributed by atoms with Gasteiger partial charge in [0.1, 0.15) is 5.82 Å². The number of hydrogen-bond donors (Lipinski definition) is 1. The molecule has 1 aromatic rings. The Hall–Kier alpha value is -0.540. The van der Waals surface area contributed by atoms with Crippen molar-refractivity contribution >= 4 is 11.8 Å². The summed E-state index contributed by atoms with van der Waals surface area (Å²) in [5, 5.41) is 10.2. The average molecular weight is 226 g/mol. The van der Waals surface area contributed by atoms with Crippen LogP contribution >= 0.6 is 11.8 Å². The molecule has 0 heterocycles. The summed E-state index contributed by atoms with van der Waals surface area (Å²) in [7, 11) is 0. The Bertz CT molecular complexity index is 385. The first-order chi connectivity index (χ1) is 7.07. The molecule has 1 saturated carbocycles. The Labute approximate surface area is 93.7 Å². The van der Waals surface area contributed by atoms with Crippen LogP contribution in [0.1, 0.15) is 30.4 Å². The highest BCUT2D eigenvalue weighted by atomic mass is 32.2. The predicted molar refractivity (Wildman–Crippen MR) is 60.7 cm³/mol. The molecule has 1 aromatic carbocycles. The van der Waals surface area contributed by atoms with Crippen molar-refractivity contribution < 1.29 is 9.50 Å². The number of benzene rings is 1. The number of halogens is 1. The smallest absolute Gasteiger partial charge is 0.132 e. The van der Waals surface area contributed by atoms with Crippen molar-refractivity contribution in [1.29, 1.82) is 0 Å². The summed E-state index contributed by atoms with van der Waals surface area (Å²) in [5.74, 6) is -0.241. The van der Waals surface area contributed by atoms with E-state index in [-0.39, 0.29) is 5.82 Å². The monoisotopic (exact) mass is 226 g/mol. The summed E-state index contributed by atoms with van der Waals surface area (Å²) >= 11 is 1.58. The summed E-state index contributed by atoms with van der Waals surface area (Å²) in [6.45, 7) is 1.75. The molecule has 2 rings (SSSR count). The fraction of sp³-hybridized carbons (Fsp3) is 0.500. The SMILES string of the molecule is CSc1cc(C)c(F)c(C2(O)CCC2)c1. The van der Waals surface area contributed by atoms with Crippen molar-refractivity contribution in [2.45, 2.75) is 36.7 Å². The van der Waals surface area contributed by atoms with Gasteiger partial charge in [0.15, 0.2) is 0 Å². The van der Waals surface area contributed by atoms with E-state index in [4.69, 9.17) is 0 Å². The Kier molecular flexibility index (Phi) is 2.77. The molecular weight excluding hydrogens is 211 g/mol. The van der Waals surface area contributed by atoms with E-state index in [2.05, 4.69) is 0 Å². The lowest BCUT2D eigenvalue weighted by atomic mass is 9.74. The van der Waals surface area contributed by atoms with Crippen LogP contribution in [-0.4, -0.2) is 11.4 Å². The van der Waals surface area contributed by atoms with Gasteiger partial charge in [0, 0.05) is 10.5 Å². The first-order valence-corrected chi connectivity index (χ1v) is 6.36. The zero-order valence-electron chi connectivity index (χ0n) is 9.01. The van der Waals surface area contributed by atoms with Crippen molar-refractivity contribution in [2.24, 2.45) is 0 Å². The van der Waals surface area contributed by atoms with Gasteiger partial charge in [-0.05, 0) is 50.1 Å². The van der Waals surface area contributed by atoms with Crippen molar-refractivity contribution in [3.8, 4) is 0 Å². The van der Waals surface area contributed by atoms with Gasteiger partial charge in [0.2, 0.25) is 0 Å². The topological polar surface area (TPSA) is 20.2 Å². The van der Waals surface area contributed by atoms with Gasteiger partial charge in [-0.25, -0.2) is 4.39 Å². The van der Waals surface area contributed by atoms with Crippen molar-refractivity contribution in [3.63, 3.8) is 0 Å². The Morgan fingerprint density at radius 1 is 1.40 bits per heavy atom. The Morgan fingerprint density at radius 3 is 2.53 bits per heavy atom. The average Bonchev–Trinajstić information content (AvgIpc) is 2.18. The van der Waals surface area contributed by atoms with Gasteiger partial charge in [-0.3, -0.25) is 0 Å². The van der Waals surface area contributed by atoms with Gasteiger partial charge in [-0.2, -0.15) is 0 Å². The van der Waals surface area contributed by atoms with Gasteiger partial charge in [0.25, 0.3) is 0 Å². The van der Waals surface area contributed by atoms with Crippen LogP contribution in [0.4, 0.5) is 4.39 Å². The second-order valence-corrected chi connectivity index (χ2v) is 5.07. The zero-order valence-corrected chi connectivity index (χ0v) is 9.83. The lowest BCUT2D eigenvalue weighted by Gasteiger charge is -2.37. The molecule has 1 aliphatic rings. The van der Waals surface area contributed by atoms with Gasteiger partial charge >= 0.3 is 0 Å². The third kappa shape index (κ3) is 1.79. The molecular formula is C12H15FOS. The second-order valence-electron chi connectivity index (χ2n) is 4.19. The second kappa shape index (κ2) is 3.80. The van der Waals surface area contributed by atoms with Crippen LogP contribution in [0, 0.1) is 12.7 Å². The molecule has 3 heteroatoms. The predicted octanol–water partition coefficient (Wildman–Crippen LogP) is 3.23. The van der Waals surface area contributed by atoms with Crippen LogP contribution in [0.3, 0.4) is 0 Å². The summed E-state index contributed by atoms with van der Waals surface area (Å²) in [6, 6.07) is 3.61. The molecule has 1 nitrogen and oxygen atoms in total. The Morgan fingerprint density at radius 2 is 2.07 bits per heavy atom. The lowest BCUT2D eigenvalue weighted by molar-refractivity contribution is -0.0419. The molecule has 0 spiro atoms. The quantitative estimate of drug-likeness (QED) is 0.781. The van der Waals surface area contributed by atoms with Gasteiger partial charge in [0.05, 0.1) is 5.60 Å². The van der Waals surface area contributed by atoms with E-state index in [1.54, 1.807) is 24.8 Å². The van der Waals surface area contributed by atoms with Gasteiger partial charge < -0.3 is 5.11 Å². The summed E-state index contributed by atoms with van der Waals surface area (Å²) in [5.41, 5.74) is 0.205. The molecule has 1 N–H and O–H groups in total. The van der Waals surface area contributed by atoms with Crippen LogP contribution in [-0.2, 0) is 5.60 Å². The maximum absolute atomic E-state index is 13.9. The third-order valence-electron chi connectivity index (χ3n) is 3.15. The fourth-order valence-electron chi connectivity index (χ4n) is 1.97. The highest BCUT2D eigenvalue weighted by molar-refractivity contribution is 7.98. The molecule has 0 aliphatic heterocycles. The molecule has 0 atom stereocenters. The van der Waals surface area contributed by atoms with Gasteiger partial charge in [-0.1, -0.05) is 0 Å². The van der Waals surface area contributed by atoms with Crippen LogP contribution in [0.2, 0.25) is 0 Å². The maximum atomic E-state index is 13.9. The molecule has 1 fully saturated rings. The molecule has 0 aromatic heterocycles. The summed E-state index contributed by atoms with van der Waals surface area (Å²) in [6.07, 6.45) is 4.31. The van der Waals surface area contributed by atoms with Crippen molar-refractivity contribution in [3.05, 3.63) is 29.1 Å². The highest BCUT2D eigenvalue weighted by Gasteiger charge is 2.38. The molecule has 82 valence electrons. The van der Waals surface area contributed by atoms with E-state index >= 15 is 0 Å². The Balaban J connectivity index is 2.49. The first-order valence-electron chi connectivity index (χ1n) is 5.14. The van der Waals surface area contributed by atoms with E-state index in [9.17, 15) is 9.50 Å². The highest BCUT2D eigenvalue weighted by Crippen LogP contribution is 2.43. The van der Waals surface area contributed by atoms with Crippen molar-refractivity contribution in [1.82, 2.24) is 0 Å². The number of aliphatic hydroxyl groups is 1. The number of aryl methyl sites for hydroxylation is 1. The van der Waals surface area contributed by atoms with Crippen LogP contribution in [0.15, 0.2) is 17.0 Å². The van der Waals surface area contributed by atoms with Crippen molar-refractivity contribution in [2.75, 3.05) is 6.26 Å². The minimum Gasteiger partial charge on any atom is -0.385 e. The number of thioether (sulfide) groups is 1. The zero-order chi connectivity index (χ0) is 11.1. The first kappa shape index (κ1) is 11.0. The van der Waals surface area contributed by atoms with E-state index in [0.717, 1.165) is 11.3 Å². The van der Waals surface area contributed by atoms with Crippen LogP contribution in [0.25, 0.3) is 0 Å². The normalized spacial score (nSPS) is 18.7. The number of rotatable bonds is 2. The third-order valence-corrected chi connectivity index (χ3v) is 3.85. The molecule has 0 unspecified atom stereocenters. The van der Waals surface area contributed by atoms with E-state index in [1.165, 1.54) is 0 Å². The van der Waals surface area contributed by atoms with Crippen LogP contribution in [0.5, 0.6) is 0 Å². The van der Waals surface area contributed by atoms with E-state index in [1.807, 2.05) is 12.3 Å². The molecule has 1 aliphatic carbocycles. The summed E-state index contributed by atoms with van der Waals surface area (Å²) in [4.78, 5) is 1.02. The standard InChI is InChI=1S/C12H15FOS/c1-8-6-9(15-2)7-10(11(8)13)12(14)4-3-5-12/h6-7,14H,3-5H2,1-2H3. The maximum Gasteiger partial charge on any atom is 0.132 e. The minimum atomic E-state index is -0.902. The van der Waals surface area contributed by atoms with Crippen LogP contribution < -0.4 is 0 Å². The van der Waals surface area contributed by atoms with E-state index < -0.39 is 5.60 Å². The lowest BCUT2D eigenvalue weighted by Crippen LogP contribution is -2.34. The van der Waals surface area contributed by atoms with E-state index in [0.29, 0.717) is 24.0 Å². The largest absolute Gasteiger partial charge is 0.385 e.